The minimum atomic E-state index is -0.990. The van der Waals surface area contributed by atoms with E-state index < -0.39 is 12.0 Å². The number of carbonyl (C=O) groups is 2. The molecule has 5 heteroatoms. The van der Waals surface area contributed by atoms with Crippen molar-refractivity contribution in [2.24, 2.45) is 5.92 Å². The van der Waals surface area contributed by atoms with Crippen molar-refractivity contribution in [2.75, 3.05) is 5.73 Å². The van der Waals surface area contributed by atoms with Crippen molar-refractivity contribution in [1.29, 1.82) is 0 Å². The van der Waals surface area contributed by atoms with Crippen LogP contribution >= 0.6 is 0 Å². The Balaban J connectivity index is 2.47. The topological polar surface area (TPSA) is 92.4 Å². The first-order valence-corrected chi connectivity index (χ1v) is 6.75. The Labute approximate surface area is 119 Å². The normalized spacial score (nSPS) is 12.2. The molecule has 1 rings (SSSR count). The molecule has 20 heavy (non-hydrogen) atoms. The number of rotatable bonds is 7. The highest BCUT2D eigenvalue weighted by Gasteiger charge is 2.20. The number of aryl methyl sites for hydroxylation is 1. The molecule has 0 aliphatic heterocycles. The standard InChI is InChI=1S/C15H22N2O3/c1-10(2)8-13(15(19)20)17-14(18)7-6-11-4-3-5-12(16)9-11/h3-5,9-10,13H,6-8,16H2,1-2H3,(H,17,18)(H,19,20)/t13-/m0/s1. The Kier molecular flexibility index (Phi) is 6.03. The SMILES string of the molecule is CC(C)C[C@H](NC(=O)CCc1cccc(N)c1)C(=O)O. The highest BCUT2D eigenvalue weighted by Crippen LogP contribution is 2.09. The summed E-state index contributed by atoms with van der Waals surface area (Å²) in [6.07, 6.45) is 1.23. The van der Waals surface area contributed by atoms with E-state index in [1.807, 2.05) is 32.0 Å². The number of hydrogen-bond donors (Lipinski definition) is 3. The van der Waals surface area contributed by atoms with Crippen molar-refractivity contribution >= 4 is 17.6 Å². The van der Waals surface area contributed by atoms with Crippen LogP contribution in [0.15, 0.2) is 24.3 Å². The van der Waals surface area contributed by atoms with Crippen molar-refractivity contribution in [3.63, 3.8) is 0 Å². The van der Waals surface area contributed by atoms with Gasteiger partial charge in [0.2, 0.25) is 5.91 Å². The number of carbonyl (C=O) groups excluding carboxylic acids is 1. The van der Waals surface area contributed by atoms with Gasteiger partial charge in [0.15, 0.2) is 0 Å². The average Bonchev–Trinajstić information content (AvgIpc) is 2.35. The van der Waals surface area contributed by atoms with E-state index in [0.717, 1.165) is 5.56 Å². The summed E-state index contributed by atoms with van der Waals surface area (Å²) < 4.78 is 0. The second-order valence-electron chi connectivity index (χ2n) is 5.33. The smallest absolute Gasteiger partial charge is 0.326 e. The maximum Gasteiger partial charge on any atom is 0.326 e. The molecule has 0 saturated carbocycles. The Hall–Kier alpha value is -2.04. The third kappa shape index (κ3) is 5.73. The van der Waals surface area contributed by atoms with Gasteiger partial charge in [0.05, 0.1) is 0 Å². The molecule has 0 bridgehead atoms. The largest absolute Gasteiger partial charge is 0.480 e. The molecule has 0 aliphatic carbocycles. The number of anilines is 1. The second-order valence-corrected chi connectivity index (χ2v) is 5.33. The van der Waals surface area contributed by atoms with Crippen LogP contribution in [-0.4, -0.2) is 23.0 Å². The van der Waals surface area contributed by atoms with E-state index in [0.29, 0.717) is 18.5 Å². The van der Waals surface area contributed by atoms with Crippen molar-refractivity contribution in [2.45, 2.75) is 39.2 Å². The summed E-state index contributed by atoms with van der Waals surface area (Å²) in [4.78, 5) is 22.9. The van der Waals surface area contributed by atoms with Crippen LogP contribution in [0.5, 0.6) is 0 Å². The monoisotopic (exact) mass is 278 g/mol. The van der Waals surface area contributed by atoms with Crippen LogP contribution in [0.3, 0.4) is 0 Å². The molecule has 0 unspecified atom stereocenters. The molecule has 0 spiro atoms. The number of benzene rings is 1. The van der Waals surface area contributed by atoms with Gasteiger partial charge in [0.25, 0.3) is 0 Å². The first-order chi connectivity index (χ1) is 9.38. The molecule has 0 aromatic heterocycles. The molecule has 0 saturated heterocycles. The van der Waals surface area contributed by atoms with Gasteiger partial charge in [-0.2, -0.15) is 0 Å². The number of hydrogen-bond acceptors (Lipinski definition) is 3. The molecule has 0 heterocycles. The molecule has 1 amide bonds. The Morgan fingerprint density at radius 2 is 2.05 bits per heavy atom. The lowest BCUT2D eigenvalue weighted by atomic mass is 10.0. The summed E-state index contributed by atoms with van der Waals surface area (Å²) in [6, 6.07) is 6.51. The predicted octanol–water partition coefficient (Wildman–Crippen LogP) is 1.82. The van der Waals surface area contributed by atoms with Crippen molar-refractivity contribution in [3.8, 4) is 0 Å². The Morgan fingerprint density at radius 1 is 1.35 bits per heavy atom. The van der Waals surface area contributed by atoms with E-state index in [1.54, 1.807) is 6.07 Å². The lowest BCUT2D eigenvalue weighted by Gasteiger charge is -2.16. The second kappa shape index (κ2) is 7.53. The number of amides is 1. The third-order valence-corrected chi connectivity index (χ3v) is 2.93. The molecule has 0 aliphatic rings. The van der Waals surface area contributed by atoms with E-state index in [2.05, 4.69) is 5.32 Å². The van der Waals surface area contributed by atoms with Gasteiger partial charge in [-0.15, -0.1) is 0 Å². The average molecular weight is 278 g/mol. The first kappa shape index (κ1) is 16.0. The van der Waals surface area contributed by atoms with Gasteiger partial charge in [-0.25, -0.2) is 4.79 Å². The van der Waals surface area contributed by atoms with E-state index in [9.17, 15) is 9.59 Å². The van der Waals surface area contributed by atoms with Crippen molar-refractivity contribution in [3.05, 3.63) is 29.8 Å². The van der Waals surface area contributed by atoms with Crippen LogP contribution in [0.4, 0.5) is 5.69 Å². The maximum atomic E-state index is 11.8. The van der Waals surface area contributed by atoms with Gasteiger partial charge in [-0.05, 0) is 36.5 Å². The quantitative estimate of drug-likeness (QED) is 0.663. The van der Waals surface area contributed by atoms with Gasteiger partial charge in [-0.1, -0.05) is 26.0 Å². The van der Waals surface area contributed by atoms with Crippen molar-refractivity contribution < 1.29 is 14.7 Å². The number of nitrogens with two attached hydrogens (primary N) is 1. The molecule has 1 aromatic rings. The summed E-state index contributed by atoms with van der Waals surface area (Å²) in [7, 11) is 0. The zero-order valence-corrected chi connectivity index (χ0v) is 11.9. The fourth-order valence-corrected chi connectivity index (χ4v) is 1.97. The van der Waals surface area contributed by atoms with Gasteiger partial charge in [-0.3, -0.25) is 4.79 Å². The van der Waals surface area contributed by atoms with Crippen LogP contribution < -0.4 is 11.1 Å². The van der Waals surface area contributed by atoms with E-state index >= 15 is 0 Å². The van der Waals surface area contributed by atoms with Gasteiger partial charge >= 0.3 is 5.97 Å². The maximum absolute atomic E-state index is 11.8. The zero-order chi connectivity index (χ0) is 15.1. The van der Waals surface area contributed by atoms with Crippen LogP contribution in [0.25, 0.3) is 0 Å². The molecule has 0 radical (unpaired) electrons. The molecule has 5 nitrogen and oxygen atoms in total. The minimum absolute atomic E-state index is 0.213. The number of carboxylic acids is 1. The Bertz CT molecular complexity index is 472. The van der Waals surface area contributed by atoms with Gasteiger partial charge < -0.3 is 16.2 Å². The fourth-order valence-electron chi connectivity index (χ4n) is 1.97. The molecule has 1 aromatic carbocycles. The lowest BCUT2D eigenvalue weighted by Crippen LogP contribution is -2.41. The van der Waals surface area contributed by atoms with Gasteiger partial charge in [0.1, 0.15) is 6.04 Å². The summed E-state index contributed by atoms with van der Waals surface area (Å²) in [5.41, 5.74) is 7.29. The Morgan fingerprint density at radius 3 is 2.60 bits per heavy atom. The summed E-state index contributed by atoms with van der Waals surface area (Å²) >= 11 is 0. The molecule has 4 N–H and O–H groups in total. The zero-order valence-electron chi connectivity index (χ0n) is 11.9. The number of aliphatic carboxylic acids is 1. The van der Waals surface area contributed by atoms with Crippen molar-refractivity contribution in [1.82, 2.24) is 5.32 Å². The van der Waals surface area contributed by atoms with E-state index in [1.165, 1.54) is 0 Å². The third-order valence-electron chi connectivity index (χ3n) is 2.93. The molecule has 0 fully saturated rings. The molecular formula is C15H22N2O3. The first-order valence-electron chi connectivity index (χ1n) is 6.75. The minimum Gasteiger partial charge on any atom is -0.480 e. The van der Waals surface area contributed by atoms with E-state index in [4.69, 9.17) is 10.8 Å². The van der Waals surface area contributed by atoms with Gasteiger partial charge in [0, 0.05) is 12.1 Å². The highest BCUT2D eigenvalue weighted by molar-refractivity contribution is 5.83. The fraction of sp³-hybridized carbons (Fsp3) is 0.467. The van der Waals surface area contributed by atoms with Crippen LogP contribution in [-0.2, 0) is 16.0 Å². The highest BCUT2D eigenvalue weighted by atomic mass is 16.4. The summed E-state index contributed by atoms with van der Waals surface area (Å²) in [5, 5.41) is 11.6. The van der Waals surface area contributed by atoms with E-state index in [-0.39, 0.29) is 18.2 Å². The molecular weight excluding hydrogens is 256 g/mol. The summed E-state index contributed by atoms with van der Waals surface area (Å²) in [5.74, 6) is -1.03. The molecule has 1 atom stereocenters. The number of nitrogen functional groups attached to an aromatic ring is 1. The number of carboxylic acid groups (broad SMARTS) is 1. The summed E-state index contributed by atoms with van der Waals surface area (Å²) in [6.45, 7) is 3.85. The van der Waals surface area contributed by atoms with Crippen LogP contribution in [0.2, 0.25) is 0 Å². The number of nitrogens with one attached hydrogen (secondary N) is 1. The predicted molar refractivity (Wildman–Crippen MR) is 78.2 cm³/mol. The van der Waals surface area contributed by atoms with Crippen LogP contribution in [0.1, 0.15) is 32.3 Å². The molecule has 110 valence electrons. The lowest BCUT2D eigenvalue weighted by molar-refractivity contribution is -0.142. The van der Waals surface area contributed by atoms with Crippen LogP contribution in [0, 0.1) is 5.92 Å².